The van der Waals surface area contributed by atoms with Gasteiger partial charge in [-0.15, -0.1) is 0 Å². The van der Waals surface area contributed by atoms with E-state index in [1.54, 1.807) is 0 Å². The third kappa shape index (κ3) is 3.13. The Morgan fingerprint density at radius 1 is 1.38 bits per heavy atom. The molecule has 0 heterocycles. The molecule has 0 aliphatic heterocycles. The predicted molar refractivity (Wildman–Crippen MR) is 53.4 cm³/mol. The number of methoxy groups -OCH3 is 1. The second-order valence-corrected chi connectivity index (χ2v) is 3.58. The fraction of sp³-hybridized carbons (Fsp3) is 0.455. The summed E-state index contributed by atoms with van der Waals surface area (Å²) in [5.74, 6) is 0.355. The first-order chi connectivity index (χ1) is 7.34. The molecule has 2 nitrogen and oxygen atoms in total. The Kier molecular flexibility index (Phi) is 3.80. The van der Waals surface area contributed by atoms with Crippen LogP contribution in [0.15, 0.2) is 18.2 Å². The molecular weight excluding hydrogens is 221 g/mol. The van der Waals surface area contributed by atoms with E-state index in [1.165, 1.54) is 20.1 Å². The van der Waals surface area contributed by atoms with E-state index in [-0.39, 0.29) is 6.42 Å². The summed E-state index contributed by atoms with van der Waals surface area (Å²) in [7, 11) is 1.38. The van der Waals surface area contributed by atoms with Gasteiger partial charge in [-0.2, -0.15) is 13.2 Å². The number of benzene rings is 1. The maximum atomic E-state index is 12.4. The average Bonchev–Trinajstić information content (AvgIpc) is 2.15. The molecule has 0 saturated heterocycles. The molecule has 1 aromatic carbocycles. The highest BCUT2D eigenvalue weighted by Gasteiger charge is 2.31. The van der Waals surface area contributed by atoms with Crippen LogP contribution in [0.25, 0.3) is 0 Å². The van der Waals surface area contributed by atoms with E-state index in [0.717, 1.165) is 12.1 Å². The molecule has 0 aliphatic rings. The van der Waals surface area contributed by atoms with Crippen molar-refractivity contribution < 1.29 is 23.0 Å². The summed E-state index contributed by atoms with van der Waals surface area (Å²) >= 11 is 0. The smallest absolute Gasteiger partial charge is 0.416 e. The Labute approximate surface area is 91.7 Å². The maximum absolute atomic E-state index is 12.4. The molecule has 1 atom stereocenters. The molecule has 1 unspecified atom stereocenters. The van der Waals surface area contributed by atoms with E-state index < -0.39 is 17.8 Å². The van der Waals surface area contributed by atoms with E-state index in [9.17, 15) is 18.3 Å². The van der Waals surface area contributed by atoms with Gasteiger partial charge in [0.05, 0.1) is 18.8 Å². The van der Waals surface area contributed by atoms with Gasteiger partial charge in [-0.3, -0.25) is 0 Å². The first-order valence-electron chi connectivity index (χ1n) is 4.76. The second-order valence-electron chi connectivity index (χ2n) is 3.58. The van der Waals surface area contributed by atoms with Crippen molar-refractivity contribution >= 4 is 0 Å². The highest BCUT2D eigenvalue weighted by Crippen LogP contribution is 2.32. The lowest BCUT2D eigenvalue weighted by molar-refractivity contribution is -0.137. The minimum Gasteiger partial charge on any atom is -0.496 e. The van der Waals surface area contributed by atoms with Crippen molar-refractivity contribution in [2.45, 2.75) is 25.6 Å². The van der Waals surface area contributed by atoms with E-state index in [4.69, 9.17) is 4.74 Å². The zero-order chi connectivity index (χ0) is 12.3. The normalized spacial score (nSPS) is 13.6. The zero-order valence-corrected chi connectivity index (χ0v) is 9.01. The van der Waals surface area contributed by atoms with Gasteiger partial charge >= 0.3 is 6.18 Å². The third-order valence-corrected chi connectivity index (χ3v) is 2.12. The van der Waals surface area contributed by atoms with Crippen LogP contribution in [0.4, 0.5) is 13.2 Å². The van der Waals surface area contributed by atoms with Crippen molar-refractivity contribution in [3.63, 3.8) is 0 Å². The fourth-order valence-electron chi connectivity index (χ4n) is 1.43. The maximum Gasteiger partial charge on any atom is 0.416 e. The molecule has 0 aromatic heterocycles. The lowest BCUT2D eigenvalue weighted by Crippen LogP contribution is -2.10. The summed E-state index contributed by atoms with van der Waals surface area (Å²) in [6.07, 6.45) is -4.95. The largest absolute Gasteiger partial charge is 0.496 e. The lowest BCUT2D eigenvalue weighted by Gasteiger charge is -2.13. The monoisotopic (exact) mass is 234 g/mol. The van der Waals surface area contributed by atoms with Crippen molar-refractivity contribution in [1.29, 1.82) is 0 Å². The number of alkyl halides is 3. The molecule has 1 rings (SSSR count). The molecule has 0 amide bonds. The van der Waals surface area contributed by atoms with Crippen LogP contribution >= 0.6 is 0 Å². The Bertz CT molecular complexity index is 359. The van der Waals surface area contributed by atoms with Gasteiger partial charge in [0.15, 0.2) is 0 Å². The standard InChI is InChI=1S/C11H13F3O2/c1-7(15)5-8-6-9(11(12,13)14)3-4-10(8)16-2/h3-4,6-7,15H,5H2,1-2H3. The Balaban J connectivity index is 3.11. The van der Waals surface area contributed by atoms with E-state index in [1.807, 2.05) is 0 Å². The molecule has 1 N–H and O–H groups in total. The van der Waals surface area contributed by atoms with Crippen LogP contribution in [0.3, 0.4) is 0 Å². The summed E-state index contributed by atoms with van der Waals surface area (Å²) < 4.78 is 42.2. The van der Waals surface area contributed by atoms with E-state index >= 15 is 0 Å². The van der Waals surface area contributed by atoms with Gasteiger partial charge in [-0.1, -0.05) is 0 Å². The number of ether oxygens (including phenoxy) is 1. The Morgan fingerprint density at radius 2 is 2.00 bits per heavy atom. The zero-order valence-electron chi connectivity index (χ0n) is 9.01. The van der Waals surface area contributed by atoms with Crippen molar-refractivity contribution in [3.05, 3.63) is 29.3 Å². The summed E-state index contributed by atoms with van der Waals surface area (Å²) in [5.41, 5.74) is -0.378. The molecule has 0 radical (unpaired) electrons. The van der Waals surface area contributed by atoms with E-state index in [2.05, 4.69) is 0 Å². The van der Waals surface area contributed by atoms with Crippen LogP contribution < -0.4 is 4.74 Å². The summed E-state index contributed by atoms with van der Waals surface area (Å²) in [4.78, 5) is 0. The Hall–Kier alpha value is -1.23. The molecular formula is C11H13F3O2. The van der Waals surface area contributed by atoms with Crippen molar-refractivity contribution in [3.8, 4) is 5.75 Å². The van der Waals surface area contributed by atoms with E-state index in [0.29, 0.717) is 11.3 Å². The minimum absolute atomic E-state index is 0.132. The molecule has 90 valence electrons. The van der Waals surface area contributed by atoms with Gasteiger partial charge < -0.3 is 9.84 Å². The molecule has 0 saturated carbocycles. The number of hydrogen-bond acceptors (Lipinski definition) is 2. The second kappa shape index (κ2) is 4.74. The highest BCUT2D eigenvalue weighted by atomic mass is 19.4. The van der Waals surface area contributed by atoms with Crippen LogP contribution in [0.1, 0.15) is 18.1 Å². The van der Waals surface area contributed by atoms with Crippen LogP contribution in [0.5, 0.6) is 5.75 Å². The molecule has 5 heteroatoms. The van der Waals surface area contributed by atoms with Gasteiger partial charge in [0.2, 0.25) is 0 Å². The summed E-state index contributed by atoms with van der Waals surface area (Å²) in [6, 6.07) is 3.23. The molecule has 0 fully saturated rings. The lowest BCUT2D eigenvalue weighted by atomic mass is 10.0. The Morgan fingerprint density at radius 3 is 2.44 bits per heavy atom. The van der Waals surface area contributed by atoms with Crippen molar-refractivity contribution in [1.82, 2.24) is 0 Å². The third-order valence-electron chi connectivity index (χ3n) is 2.12. The number of halogens is 3. The average molecular weight is 234 g/mol. The number of rotatable bonds is 3. The molecule has 0 spiro atoms. The summed E-state index contributed by atoms with van der Waals surface area (Å²) in [6.45, 7) is 1.51. The quantitative estimate of drug-likeness (QED) is 0.871. The molecule has 1 aromatic rings. The van der Waals surface area contributed by atoms with Gasteiger partial charge in [0.1, 0.15) is 5.75 Å². The molecule has 0 aliphatic carbocycles. The van der Waals surface area contributed by atoms with Crippen LogP contribution in [0, 0.1) is 0 Å². The number of aliphatic hydroxyl groups is 1. The van der Waals surface area contributed by atoms with Gasteiger partial charge in [0, 0.05) is 6.42 Å². The molecule has 0 bridgehead atoms. The number of hydrogen-bond donors (Lipinski definition) is 1. The van der Waals surface area contributed by atoms with Gasteiger partial charge in [-0.05, 0) is 30.7 Å². The topological polar surface area (TPSA) is 29.5 Å². The van der Waals surface area contributed by atoms with Crippen LogP contribution in [-0.4, -0.2) is 18.3 Å². The first kappa shape index (κ1) is 12.8. The first-order valence-corrected chi connectivity index (χ1v) is 4.76. The highest BCUT2D eigenvalue weighted by molar-refractivity contribution is 5.38. The van der Waals surface area contributed by atoms with Crippen molar-refractivity contribution in [2.75, 3.05) is 7.11 Å². The SMILES string of the molecule is COc1ccc(C(F)(F)F)cc1CC(C)O. The molecule has 16 heavy (non-hydrogen) atoms. The van der Waals surface area contributed by atoms with Crippen LogP contribution in [0.2, 0.25) is 0 Å². The summed E-state index contributed by atoms with van der Waals surface area (Å²) in [5, 5.41) is 9.18. The van der Waals surface area contributed by atoms with Crippen molar-refractivity contribution in [2.24, 2.45) is 0 Å². The number of aliphatic hydroxyl groups excluding tert-OH is 1. The predicted octanol–water partition coefficient (Wildman–Crippen LogP) is 2.64. The van der Waals surface area contributed by atoms with Gasteiger partial charge in [0.25, 0.3) is 0 Å². The van der Waals surface area contributed by atoms with Gasteiger partial charge in [-0.25, -0.2) is 0 Å². The fourth-order valence-corrected chi connectivity index (χ4v) is 1.43. The van der Waals surface area contributed by atoms with Crippen LogP contribution in [-0.2, 0) is 12.6 Å². The minimum atomic E-state index is -4.38.